The van der Waals surface area contributed by atoms with Gasteiger partial charge in [0.1, 0.15) is 0 Å². The van der Waals surface area contributed by atoms with E-state index in [4.69, 9.17) is 10.5 Å². The van der Waals surface area contributed by atoms with Gasteiger partial charge in [0.05, 0.1) is 0 Å². The van der Waals surface area contributed by atoms with Crippen molar-refractivity contribution in [2.45, 2.75) is 30.9 Å². The third-order valence-electron chi connectivity index (χ3n) is 2.16. The van der Waals surface area contributed by atoms with Crippen LogP contribution in [-0.2, 0) is 4.79 Å². The van der Waals surface area contributed by atoms with Crippen LogP contribution >= 0.6 is 0 Å². The summed E-state index contributed by atoms with van der Waals surface area (Å²) in [6.07, 6.45) is -0.198. The summed E-state index contributed by atoms with van der Waals surface area (Å²) in [5.74, 6) is -2.91. The Morgan fingerprint density at radius 1 is 1.47 bits per heavy atom. The Balaban J connectivity index is 4.33. The van der Waals surface area contributed by atoms with Crippen LogP contribution in [-0.4, -0.2) is 40.3 Å². The normalized spacial score (nSPS) is 15.8. The number of carbonyl (C=O) groups is 1. The molecule has 0 fully saturated rings. The number of hydrogen-bond acceptors (Lipinski definition) is 2. The molecule has 0 saturated carbocycles. The molecule has 98 valence electrons. The van der Waals surface area contributed by atoms with Crippen molar-refractivity contribution >= 4 is 28.7 Å². The van der Waals surface area contributed by atoms with Gasteiger partial charge in [-0.15, -0.1) is 0 Å². The van der Waals surface area contributed by atoms with Gasteiger partial charge in [-0.2, -0.15) is 0 Å². The van der Waals surface area contributed by atoms with E-state index in [0.717, 1.165) is 16.9 Å². The van der Waals surface area contributed by atoms with Gasteiger partial charge in [-0.1, -0.05) is 0 Å². The van der Waals surface area contributed by atoms with Gasteiger partial charge in [-0.3, -0.25) is 0 Å². The van der Waals surface area contributed by atoms with Gasteiger partial charge in [0.15, 0.2) is 0 Å². The summed E-state index contributed by atoms with van der Waals surface area (Å²) in [5, 5.41) is 18.1. The maximum absolute atomic E-state index is 13.2. The summed E-state index contributed by atoms with van der Waals surface area (Å²) in [5.41, 5.74) is 0. The van der Waals surface area contributed by atoms with E-state index in [1.54, 1.807) is 0 Å². The molecule has 17 heavy (non-hydrogen) atoms. The van der Waals surface area contributed by atoms with E-state index in [-0.39, 0.29) is 25.2 Å². The minimum absolute atomic E-state index is 0.0437. The molecule has 0 aliphatic rings. The second-order valence-corrected chi connectivity index (χ2v) is 6.68. The number of aliphatic carboxylic acids is 1. The Kier molecular flexibility index (Phi) is 6.38. The van der Waals surface area contributed by atoms with E-state index in [9.17, 15) is 13.6 Å². The molecule has 0 aromatic heterocycles. The first kappa shape index (κ1) is 16.1. The fourth-order valence-corrected chi connectivity index (χ4v) is 1.22. The Labute approximate surface area is 107 Å². The number of halogens is 2. The van der Waals surface area contributed by atoms with Crippen LogP contribution in [0.4, 0.5) is 8.78 Å². The molecule has 0 radical (unpaired) electrons. The Hall–Kier alpha value is -0.902. The molecule has 3 N–H and O–H groups in total. The van der Waals surface area contributed by atoms with E-state index < -0.39 is 21.8 Å². The average molecular weight is 310 g/mol. The predicted octanol–water partition coefficient (Wildman–Crippen LogP) is 1.40. The first-order valence-electron chi connectivity index (χ1n) is 5.01. The quantitative estimate of drug-likeness (QED) is 0.394. The molecule has 0 aromatic rings. The second-order valence-electron chi connectivity index (χ2n) is 4.01. The molecular formula is C10H17AsF2N2O2. The predicted molar refractivity (Wildman–Crippen MR) is 64.4 cm³/mol. The van der Waals surface area contributed by atoms with Crippen molar-refractivity contribution in [3.63, 3.8) is 0 Å². The third kappa shape index (κ3) is 6.41. The number of carboxylic acid groups (broad SMARTS) is 1. The number of nitrogens with one attached hydrogen (secondary N) is 2. The van der Waals surface area contributed by atoms with E-state index in [1.165, 1.54) is 13.8 Å². The molecular weight excluding hydrogens is 293 g/mol. The molecule has 2 atom stereocenters. The molecule has 0 rings (SSSR count). The molecule has 4 nitrogen and oxygen atoms in total. The van der Waals surface area contributed by atoms with Crippen LogP contribution in [0.1, 0.15) is 26.7 Å². The van der Waals surface area contributed by atoms with Crippen LogP contribution in [0.2, 0.25) is 4.20 Å². The zero-order chi connectivity index (χ0) is 13.6. The number of allylic oxidation sites excluding steroid dienone is 1. The van der Waals surface area contributed by atoms with Crippen molar-refractivity contribution in [1.82, 2.24) is 5.32 Å². The van der Waals surface area contributed by atoms with Gasteiger partial charge in [0.2, 0.25) is 0 Å². The van der Waals surface area contributed by atoms with Gasteiger partial charge < -0.3 is 0 Å². The van der Waals surface area contributed by atoms with Crippen molar-refractivity contribution in [2.24, 2.45) is 0 Å². The average Bonchev–Trinajstić information content (AvgIpc) is 2.22. The zero-order valence-corrected chi connectivity index (χ0v) is 12.2. The first-order valence-corrected chi connectivity index (χ1v) is 6.22. The summed E-state index contributed by atoms with van der Waals surface area (Å²) in [6.45, 7) is 2.53. The third-order valence-corrected chi connectivity index (χ3v) is 3.28. The van der Waals surface area contributed by atoms with Crippen LogP contribution in [0.5, 0.6) is 0 Å². The fraction of sp³-hybridized carbons (Fsp3) is 0.600. The second kappa shape index (κ2) is 6.74. The van der Waals surface area contributed by atoms with E-state index in [2.05, 4.69) is 5.32 Å². The maximum atomic E-state index is 13.2. The number of amidine groups is 1. The summed E-state index contributed by atoms with van der Waals surface area (Å²) in [4.78, 5) is 10.8. The van der Waals surface area contributed by atoms with Gasteiger partial charge in [-0.25, -0.2) is 0 Å². The summed E-state index contributed by atoms with van der Waals surface area (Å²) in [7, 11) is 0. The van der Waals surface area contributed by atoms with Crippen molar-refractivity contribution in [2.75, 3.05) is 6.54 Å². The molecule has 7 heteroatoms. The van der Waals surface area contributed by atoms with Gasteiger partial charge in [-0.05, 0) is 0 Å². The molecule has 0 bridgehead atoms. The van der Waals surface area contributed by atoms with Crippen LogP contribution in [0.25, 0.3) is 0 Å². The Morgan fingerprint density at radius 3 is 2.41 bits per heavy atom. The van der Waals surface area contributed by atoms with E-state index in [0.29, 0.717) is 0 Å². The Bertz CT molecular complexity index is 343. The van der Waals surface area contributed by atoms with Gasteiger partial charge in [0.25, 0.3) is 0 Å². The molecule has 0 aromatic carbocycles. The van der Waals surface area contributed by atoms with Crippen LogP contribution in [0, 0.1) is 5.41 Å². The van der Waals surface area contributed by atoms with E-state index in [1.807, 2.05) is 0 Å². The fourth-order valence-electron chi connectivity index (χ4n) is 0.918. The standard InChI is InChI=1S/C10H17AsF2N2O2/c1-6(14)15-5-8(13)7(12)3-4-10(2,11)9(16)17/h3-5,11H2,1-2H3,(H2,14,15)(H,16,17)/b8-7-/t10-/m1/s1. The molecule has 0 saturated heterocycles. The molecule has 1 unspecified atom stereocenters. The topological polar surface area (TPSA) is 73.2 Å². The zero-order valence-electron chi connectivity index (χ0n) is 9.81. The van der Waals surface area contributed by atoms with E-state index >= 15 is 0 Å². The van der Waals surface area contributed by atoms with Gasteiger partial charge >= 0.3 is 107 Å². The van der Waals surface area contributed by atoms with Crippen LogP contribution in [0.15, 0.2) is 11.7 Å². The van der Waals surface area contributed by atoms with Crippen LogP contribution < -0.4 is 5.32 Å². The molecule has 0 heterocycles. The first-order chi connectivity index (χ1) is 7.66. The Morgan fingerprint density at radius 2 is 2.00 bits per heavy atom. The SMILES string of the molecule is CC(=N)NC/C(F)=C(/F)CC[C@@](C)([AsH2])C(=O)O. The minimum atomic E-state index is -1.02. The number of hydrogen-bond donors (Lipinski definition) is 3. The number of rotatable bonds is 6. The molecule has 0 spiro atoms. The molecule has 0 amide bonds. The summed E-state index contributed by atoms with van der Waals surface area (Å²) in [6, 6.07) is 0. The van der Waals surface area contributed by atoms with Crippen molar-refractivity contribution in [1.29, 1.82) is 5.41 Å². The van der Waals surface area contributed by atoms with Crippen molar-refractivity contribution < 1.29 is 18.7 Å². The summed E-state index contributed by atoms with van der Waals surface area (Å²) < 4.78 is 25.4. The monoisotopic (exact) mass is 310 g/mol. The van der Waals surface area contributed by atoms with Crippen molar-refractivity contribution in [3.8, 4) is 0 Å². The van der Waals surface area contributed by atoms with Gasteiger partial charge in [0, 0.05) is 0 Å². The molecule has 0 aliphatic carbocycles. The van der Waals surface area contributed by atoms with Crippen LogP contribution in [0.3, 0.4) is 0 Å². The van der Waals surface area contributed by atoms with Crippen molar-refractivity contribution in [3.05, 3.63) is 11.7 Å². The summed E-state index contributed by atoms with van der Waals surface area (Å²) >= 11 is 0.970. The molecule has 0 aliphatic heterocycles. The number of carboxylic acids is 1.